The van der Waals surface area contributed by atoms with Crippen molar-refractivity contribution in [1.29, 1.82) is 0 Å². The lowest BCUT2D eigenvalue weighted by molar-refractivity contribution is -0.274. The molecule has 2 heterocycles. The molecule has 0 unspecified atom stereocenters. The highest BCUT2D eigenvalue weighted by atomic mass is 35.5. The lowest BCUT2D eigenvalue weighted by Gasteiger charge is -2.15. The second-order valence-corrected chi connectivity index (χ2v) is 6.48. The van der Waals surface area contributed by atoms with Gasteiger partial charge < -0.3 is 14.8 Å². The van der Waals surface area contributed by atoms with E-state index in [2.05, 4.69) is 34.8 Å². The first-order chi connectivity index (χ1) is 15.0. The van der Waals surface area contributed by atoms with Gasteiger partial charge in [-0.2, -0.15) is 18.6 Å². The summed E-state index contributed by atoms with van der Waals surface area (Å²) in [5, 5.41) is 6.30. The number of benzene rings is 1. The molecular formula is C17H12ClF5N6O3. The van der Waals surface area contributed by atoms with E-state index in [1.807, 2.05) is 0 Å². The highest BCUT2D eigenvalue weighted by Gasteiger charge is 2.31. The van der Waals surface area contributed by atoms with Crippen molar-refractivity contribution >= 4 is 17.5 Å². The maximum absolute atomic E-state index is 12.5. The summed E-state index contributed by atoms with van der Waals surface area (Å²) in [4.78, 5) is 24.2. The van der Waals surface area contributed by atoms with E-state index in [0.29, 0.717) is 0 Å². The van der Waals surface area contributed by atoms with Gasteiger partial charge in [-0.3, -0.25) is 4.79 Å². The number of hydrogen-bond donors (Lipinski definition) is 1. The summed E-state index contributed by atoms with van der Waals surface area (Å²) in [6, 6.07) is 2.11. The first kappa shape index (κ1) is 23.1. The average Bonchev–Trinajstić information content (AvgIpc) is 3.16. The van der Waals surface area contributed by atoms with Crippen molar-refractivity contribution in [2.75, 3.05) is 0 Å². The fraction of sp³-hybridized carbons (Fsp3) is 0.235. The molecule has 2 aromatic heterocycles. The minimum Gasteiger partial charge on any atom is -0.432 e. The molecule has 0 bridgehead atoms. The van der Waals surface area contributed by atoms with Crippen LogP contribution in [0.3, 0.4) is 0 Å². The maximum atomic E-state index is 12.5. The minimum absolute atomic E-state index is 0.0520. The van der Waals surface area contributed by atoms with E-state index in [1.54, 1.807) is 0 Å². The summed E-state index contributed by atoms with van der Waals surface area (Å²) < 4.78 is 70.9. The lowest BCUT2D eigenvalue weighted by Crippen LogP contribution is -2.29. The zero-order valence-corrected chi connectivity index (χ0v) is 16.6. The van der Waals surface area contributed by atoms with Crippen LogP contribution in [0, 0.1) is 0 Å². The quantitative estimate of drug-likeness (QED) is 0.516. The Bertz CT molecular complexity index is 1090. The number of halogens is 6. The third-order valence-corrected chi connectivity index (χ3v) is 3.92. The molecule has 0 aliphatic carbocycles. The lowest BCUT2D eigenvalue weighted by atomic mass is 10.2. The Morgan fingerprint density at radius 3 is 2.44 bits per heavy atom. The van der Waals surface area contributed by atoms with Gasteiger partial charge in [0.05, 0.1) is 18.4 Å². The van der Waals surface area contributed by atoms with E-state index in [-0.39, 0.29) is 28.1 Å². The van der Waals surface area contributed by atoms with Crippen LogP contribution in [0.4, 0.5) is 22.0 Å². The molecule has 170 valence electrons. The largest absolute Gasteiger partial charge is 0.573 e. The van der Waals surface area contributed by atoms with Crippen LogP contribution < -0.4 is 14.8 Å². The van der Waals surface area contributed by atoms with Crippen LogP contribution in [0.25, 0.3) is 5.95 Å². The van der Waals surface area contributed by atoms with Crippen LogP contribution >= 0.6 is 11.6 Å². The van der Waals surface area contributed by atoms with Gasteiger partial charge in [-0.1, -0.05) is 11.6 Å². The van der Waals surface area contributed by atoms with E-state index < -0.39 is 30.7 Å². The van der Waals surface area contributed by atoms with Gasteiger partial charge >= 0.3 is 13.0 Å². The molecule has 0 aliphatic rings. The summed E-state index contributed by atoms with van der Waals surface area (Å²) in [7, 11) is 0. The van der Waals surface area contributed by atoms with Crippen molar-refractivity contribution in [3.63, 3.8) is 0 Å². The molecule has 0 radical (unpaired) electrons. The van der Waals surface area contributed by atoms with Gasteiger partial charge in [-0.15, -0.1) is 13.2 Å². The van der Waals surface area contributed by atoms with Crippen molar-refractivity contribution in [3.8, 4) is 17.4 Å². The molecule has 3 aromatic rings. The molecule has 9 nitrogen and oxygen atoms in total. The second kappa shape index (κ2) is 9.30. The van der Waals surface area contributed by atoms with Crippen LogP contribution in [-0.2, 0) is 0 Å². The Labute approximate surface area is 181 Å². The number of aromatic nitrogens is 5. The number of carbonyl (C=O) groups is 1. The standard InChI is InChI=1S/C17H12ClF5N6O3/c1-8(28-14(30)9-2-10(18)4-11(3-9)32-17(21,22)23)13-26-7-27-29(13)16-24-5-12(6-25-16)31-15(19)20/h2-8,15H,1H3,(H,28,30)/t8-/m0/s1. The number of rotatable bonds is 7. The first-order valence-electron chi connectivity index (χ1n) is 8.56. The molecule has 0 spiro atoms. The van der Waals surface area contributed by atoms with Crippen LogP contribution in [-0.4, -0.2) is 43.6 Å². The minimum atomic E-state index is -4.96. The number of alkyl halides is 5. The maximum Gasteiger partial charge on any atom is 0.573 e. The van der Waals surface area contributed by atoms with Crippen LogP contribution in [0.15, 0.2) is 36.9 Å². The zero-order valence-electron chi connectivity index (χ0n) is 15.8. The molecule has 0 saturated carbocycles. The highest BCUT2D eigenvalue weighted by molar-refractivity contribution is 6.31. The second-order valence-electron chi connectivity index (χ2n) is 6.05. The van der Waals surface area contributed by atoms with E-state index in [0.717, 1.165) is 41.6 Å². The Morgan fingerprint density at radius 2 is 1.81 bits per heavy atom. The number of nitrogens with one attached hydrogen (secondary N) is 1. The monoisotopic (exact) mass is 478 g/mol. The molecule has 0 fully saturated rings. The zero-order chi connectivity index (χ0) is 23.5. The fourth-order valence-electron chi connectivity index (χ4n) is 2.51. The molecular weight excluding hydrogens is 467 g/mol. The van der Waals surface area contributed by atoms with Crippen molar-refractivity contribution in [3.05, 3.63) is 53.3 Å². The molecule has 3 rings (SSSR count). The Hall–Kier alpha value is -3.55. The van der Waals surface area contributed by atoms with Gasteiger partial charge in [0.25, 0.3) is 11.9 Å². The summed E-state index contributed by atoms with van der Waals surface area (Å²) in [5.41, 5.74) is -0.195. The van der Waals surface area contributed by atoms with E-state index in [1.165, 1.54) is 6.92 Å². The van der Waals surface area contributed by atoms with Crippen molar-refractivity contribution in [2.24, 2.45) is 0 Å². The predicted molar refractivity (Wildman–Crippen MR) is 97.6 cm³/mol. The number of nitrogens with zero attached hydrogens (tertiary/aromatic N) is 5. The van der Waals surface area contributed by atoms with Gasteiger partial charge in [0.1, 0.15) is 12.1 Å². The average molecular weight is 479 g/mol. The van der Waals surface area contributed by atoms with Gasteiger partial charge in [0, 0.05) is 10.6 Å². The number of carbonyl (C=O) groups excluding carboxylic acids is 1. The molecule has 32 heavy (non-hydrogen) atoms. The van der Waals surface area contributed by atoms with E-state index >= 15 is 0 Å². The molecule has 0 saturated heterocycles. The molecule has 1 N–H and O–H groups in total. The van der Waals surface area contributed by atoms with Crippen LogP contribution in [0.2, 0.25) is 5.02 Å². The van der Waals surface area contributed by atoms with Crippen LogP contribution in [0.1, 0.15) is 29.1 Å². The topological polar surface area (TPSA) is 104 Å². The first-order valence-corrected chi connectivity index (χ1v) is 8.94. The van der Waals surface area contributed by atoms with E-state index in [9.17, 15) is 26.7 Å². The van der Waals surface area contributed by atoms with Gasteiger partial charge in [-0.25, -0.2) is 15.0 Å². The summed E-state index contributed by atoms with van der Waals surface area (Å²) >= 11 is 5.78. The molecule has 0 aliphatic heterocycles. The Balaban J connectivity index is 1.77. The Morgan fingerprint density at radius 1 is 1.12 bits per heavy atom. The summed E-state index contributed by atoms with van der Waals surface area (Å²) in [5.74, 6) is -1.61. The highest BCUT2D eigenvalue weighted by Crippen LogP contribution is 2.27. The summed E-state index contributed by atoms with van der Waals surface area (Å²) in [6.45, 7) is -1.53. The third kappa shape index (κ3) is 6.00. The van der Waals surface area contributed by atoms with Crippen molar-refractivity contribution in [2.45, 2.75) is 25.9 Å². The third-order valence-electron chi connectivity index (χ3n) is 3.71. The number of hydrogen-bond acceptors (Lipinski definition) is 7. The smallest absolute Gasteiger partial charge is 0.432 e. The number of amides is 1. The summed E-state index contributed by atoms with van der Waals surface area (Å²) in [6.07, 6.45) is -1.83. The fourth-order valence-corrected chi connectivity index (χ4v) is 2.74. The van der Waals surface area contributed by atoms with Gasteiger partial charge in [0.15, 0.2) is 11.6 Å². The predicted octanol–water partition coefficient (Wildman–Crippen LogP) is 3.70. The molecule has 15 heteroatoms. The SMILES string of the molecule is C[C@H](NC(=O)c1cc(Cl)cc(OC(F)(F)F)c1)c1ncnn1-c1ncc(OC(F)F)cn1. The van der Waals surface area contributed by atoms with Gasteiger partial charge in [-0.05, 0) is 25.1 Å². The molecule has 1 aromatic carbocycles. The van der Waals surface area contributed by atoms with Crippen molar-refractivity contribution < 1.29 is 36.2 Å². The Kier molecular flexibility index (Phi) is 6.72. The number of ether oxygens (including phenoxy) is 2. The van der Waals surface area contributed by atoms with Crippen molar-refractivity contribution in [1.82, 2.24) is 30.0 Å². The van der Waals surface area contributed by atoms with Crippen LogP contribution in [0.5, 0.6) is 11.5 Å². The molecule has 1 amide bonds. The normalized spacial score (nSPS) is 12.5. The molecule has 1 atom stereocenters. The van der Waals surface area contributed by atoms with Gasteiger partial charge in [0.2, 0.25) is 0 Å². The van der Waals surface area contributed by atoms with E-state index in [4.69, 9.17) is 11.6 Å².